The van der Waals surface area contributed by atoms with Crippen molar-refractivity contribution < 1.29 is 4.42 Å². The SMILES string of the molecule is CCC.c1ccc(-c2ccc(-c3nc(-c4ccccc4)nc(-n4c5cc6ccccc6cc5c5cccc(-c6ccc7oc8ccccc8c7c6)c54)n3)cc2)cc1. The maximum atomic E-state index is 6.23. The van der Waals surface area contributed by atoms with E-state index in [2.05, 4.69) is 164 Å². The molecule has 0 aliphatic heterocycles. The lowest BCUT2D eigenvalue weighted by Crippen LogP contribution is -2.07. The van der Waals surface area contributed by atoms with Crippen molar-refractivity contribution in [2.45, 2.75) is 20.3 Å². The molecule has 11 rings (SSSR count). The number of aromatic nitrogens is 4. The van der Waals surface area contributed by atoms with Crippen LogP contribution in [0.15, 0.2) is 186 Å². The van der Waals surface area contributed by atoms with Gasteiger partial charge in [-0.15, -0.1) is 0 Å². The van der Waals surface area contributed by atoms with Gasteiger partial charge >= 0.3 is 0 Å². The number of para-hydroxylation sites is 2. The fraction of sp³-hybridized carbons (Fsp3) is 0.0577. The van der Waals surface area contributed by atoms with Crippen LogP contribution in [0.4, 0.5) is 0 Å². The van der Waals surface area contributed by atoms with Crippen molar-refractivity contribution >= 4 is 54.5 Å². The Morgan fingerprint density at radius 2 is 0.965 bits per heavy atom. The topological polar surface area (TPSA) is 56.7 Å². The van der Waals surface area contributed by atoms with Crippen molar-refractivity contribution in [2.75, 3.05) is 0 Å². The van der Waals surface area contributed by atoms with Crippen LogP contribution in [0.25, 0.3) is 105 Å². The molecule has 8 aromatic carbocycles. The molecule has 0 unspecified atom stereocenters. The number of hydrogen-bond acceptors (Lipinski definition) is 4. The van der Waals surface area contributed by atoms with Gasteiger partial charge in [-0.3, -0.25) is 4.57 Å². The van der Waals surface area contributed by atoms with E-state index < -0.39 is 0 Å². The van der Waals surface area contributed by atoms with E-state index in [1.165, 1.54) is 11.8 Å². The van der Waals surface area contributed by atoms with Gasteiger partial charge in [-0.25, -0.2) is 4.98 Å². The highest BCUT2D eigenvalue weighted by Crippen LogP contribution is 2.41. The summed E-state index contributed by atoms with van der Waals surface area (Å²) in [5, 5.41) is 6.77. The van der Waals surface area contributed by atoms with E-state index >= 15 is 0 Å². The molecule has 57 heavy (non-hydrogen) atoms. The Morgan fingerprint density at radius 3 is 1.70 bits per heavy atom. The Labute approximate surface area is 330 Å². The Kier molecular flexibility index (Phi) is 8.61. The van der Waals surface area contributed by atoms with E-state index in [1.54, 1.807) is 0 Å². The van der Waals surface area contributed by atoms with Crippen molar-refractivity contribution in [3.05, 3.63) is 182 Å². The average Bonchev–Trinajstić information content (AvgIpc) is 3.81. The fourth-order valence-corrected chi connectivity index (χ4v) is 7.84. The number of fused-ring (bicyclic) bond motifs is 7. The van der Waals surface area contributed by atoms with Gasteiger partial charge in [-0.2, -0.15) is 9.97 Å². The summed E-state index contributed by atoms with van der Waals surface area (Å²) in [4.78, 5) is 15.6. The number of benzene rings is 8. The van der Waals surface area contributed by atoms with E-state index in [9.17, 15) is 0 Å². The van der Waals surface area contributed by atoms with Gasteiger partial charge in [0.05, 0.1) is 11.0 Å². The molecule has 11 aromatic rings. The summed E-state index contributed by atoms with van der Waals surface area (Å²) in [5.41, 5.74) is 10.1. The molecule has 5 nitrogen and oxygen atoms in total. The van der Waals surface area contributed by atoms with Crippen LogP contribution in [0.1, 0.15) is 20.3 Å². The standard InChI is InChI=1S/C49H30N4O.C3H8/c1-3-12-31(13-4-1)32-22-24-34(25-23-32)48-50-47(33-14-5-2-6-15-33)51-49(52-48)53-43-30-36-17-8-7-16-35(36)28-41(43)40-20-11-19-38(46(40)53)37-26-27-45-42(29-37)39-18-9-10-21-44(39)54-45;1-3-2/h1-30H;3H2,1-2H3. The first-order valence-corrected chi connectivity index (χ1v) is 19.5. The molecule has 0 atom stereocenters. The van der Waals surface area contributed by atoms with Gasteiger partial charge in [0, 0.05) is 38.2 Å². The minimum absolute atomic E-state index is 0.559. The molecule has 3 heterocycles. The summed E-state index contributed by atoms with van der Waals surface area (Å²) in [6, 6.07) is 63.4. The van der Waals surface area contributed by atoms with Crippen molar-refractivity contribution in [1.29, 1.82) is 0 Å². The molecule has 0 bridgehead atoms. The van der Waals surface area contributed by atoms with Gasteiger partial charge in [0.1, 0.15) is 11.2 Å². The van der Waals surface area contributed by atoms with Crippen LogP contribution in [0.2, 0.25) is 0 Å². The highest BCUT2D eigenvalue weighted by molar-refractivity contribution is 6.17. The smallest absolute Gasteiger partial charge is 0.238 e. The van der Waals surface area contributed by atoms with Crippen LogP contribution in [0, 0.1) is 0 Å². The van der Waals surface area contributed by atoms with Crippen molar-refractivity contribution in [3.63, 3.8) is 0 Å². The van der Waals surface area contributed by atoms with Crippen molar-refractivity contribution in [1.82, 2.24) is 19.5 Å². The lowest BCUT2D eigenvalue weighted by Gasteiger charge is -2.13. The Hall–Kier alpha value is -7.37. The molecule has 3 aromatic heterocycles. The molecule has 0 spiro atoms. The number of hydrogen-bond donors (Lipinski definition) is 0. The maximum absolute atomic E-state index is 6.23. The molecule has 0 aliphatic rings. The molecule has 0 amide bonds. The molecule has 272 valence electrons. The summed E-state index contributed by atoms with van der Waals surface area (Å²) < 4.78 is 8.46. The molecule has 0 N–H and O–H groups in total. The summed E-state index contributed by atoms with van der Waals surface area (Å²) in [7, 11) is 0. The first-order chi connectivity index (χ1) is 28.2. The van der Waals surface area contributed by atoms with Crippen LogP contribution >= 0.6 is 0 Å². The fourth-order valence-electron chi connectivity index (χ4n) is 7.84. The minimum atomic E-state index is 0.559. The third kappa shape index (κ3) is 6.10. The summed E-state index contributed by atoms with van der Waals surface area (Å²) in [5.74, 6) is 1.78. The Balaban J connectivity index is 0.00000128. The normalized spacial score (nSPS) is 11.4. The van der Waals surface area contributed by atoms with Gasteiger partial charge < -0.3 is 4.42 Å². The molecule has 0 saturated carbocycles. The summed E-state index contributed by atoms with van der Waals surface area (Å²) >= 11 is 0. The monoisotopic (exact) mass is 734 g/mol. The summed E-state index contributed by atoms with van der Waals surface area (Å²) in [6.45, 7) is 4.25. The zero-order valence-corrected chi connectivity index (χ0v) is 31.7. The highest BCUT2D eigenvalue weighted by atomic mass is 16.3. The second-order valence-electron chi connectivity index (χ2n) is 14.4. The van der Waals surface area contributed by atoms with E-state index in [0.717, 1.165) is 82.5 Å². The molecule has 0 aliphatic carbocycles. The van der Waals surface area contributed by atoms with Crippen LogP contribution in [0.3, 0.4) is 0 Å². The van der Waals surface area contributed by atoms with E-state index in [0.29, 0.717) is 17.6 Å². The number of nitrogens with zero attached hydrogens (tertiary/aromatic N) is 4. The summed E-state index contributed by atoms with van der Waals surface area (Å²) in [6.07, 6.45) is 1.25. The van der Waals surface area contributed by atoms with Gasteiger partial charge in [-0.1, -0.05) is 172 Å². The zero-order chi connectivity index (χ0) is 38.3. The van der Waals surface area contributed by atoms with Gasteiger partial charge in [0.2, 0.25) is 5.95 Å². The third-order valence-electron chi connectivity index (χ3n) is 10.4. The first-order valence-electron chi connectivity index (χ1n) is 19.5. The molecule has 0 radical (unpaired) electrons. The quantitative estimate of drug-likeness (QED) is 0.177. The largest absolute Gasteiger partial charge is 0.456 e. The second-order valence-corrected chi connectivity index (χ2v) is 14.4. The Morgan fingerprint density at radius 1 is 0.421 bits per heavy atom. The van der Waals surface area contributed by atoms with Crippen LogP contribution < -0.4 is 0 Å². The van der Waals surface area contributed by atoms with Gasteiger partial charge in [0.25, 0.3) is 0 Å². The highest BCUT2D eigenvalue weighted by Gasteiger charge is 2.22. The van der Waals surface area contributed by atoms with Gasteiger partial charge in [-0.05, 0) is 57.8 Å². The molecule has 5 heteroatoms. The van der Waals surface area contributed by atoms with Crippen LogP contribution in [-0.4, -0.2) is 19.5 Å². The predicted molar refractivity (Wildman–Crippen MR) is 237 cm³/mol. The lowest BCUT2D eigenvalue weighted by atomic mass is 9.99. The molecular weight excluding hydrogens is 697 g/mol. The molecule has 0 fully saturated rings. The second kappa shape index (κ2) is 14.4. The van der Waals surface area contributed by atoms with E-state index in [1.807, 2.05) is 36.4 Å². The number of furan rings is 1. The average molecular weight is 735 g/mol. The van der Waals surface area contributed by atoms with Crippen molar-refractivity contribution in [2.24, 2.45) is 0 Å². The predicted octanol–water partition coefficient (Wildman–Crippen LogP) is 14.1. The zero-order valence-electron chi connectivity index (χ0n) is 31.7. The molecule has 0 saturated heterocycles. The minimum Gasteiger partial charge on any atom is -0.456 e. The van der Waals surface area contributed by atoms with Crippen LogP contribution in [0.5, 0.6) is 0 Å². The van der Waals surface area contributed by atoms with Crippen molar-refractivity contribution in [3.8, 4) is 51.0 Å². The van der Waals surface area contributed by atoms with Crippen LogP contribution in [-0.2, 0) is 0 Å². The lowest BCUT2D eigenvalue weighted by molar-refractivity contribution is 0.669. The first kappa shape index (κ1) is 34.1. The molecular formula is C52H38N4O. The van der Waals surface area contributed by atoms with E-state index in [-0.39, 0.29) is 0 Å². The number of rotatable bonds is 5. The Bertz CT molecular complexity index is 3220. The van der Waals surface area contributed by atoms with Gasteiger partial charge in [0.15, 0.2) is 11.6 Å². The maximum Gasteiger partial charge on any atom is 0.238 e. The van der Waals surface area contributed by atoms with E-state index in [4.69, 9.17) is 19.4 Å². The third-order valence-corrected chi connectivity index (χ3v) is 10.4.